The molecular formula is C17H15NO3S. The second kappa shape index (κ2) is 6.23. The average molecular weight is 313 g/mol. The molecule has 0 N–H and O–H groups in total. The van der Waals surface area contributed by atoms with Gasteiger partial charge in [-0.1, -0.05) is 24.3 Å². The van der Waals surface area contributed by atoms with E-state index in [1.807, 2.05) is 48.6 Å². The molecule has 0 spiro atoms. The van der Waals surface area contributed by atoms with Gasteiger partial charge in [-0.3, -0.25) is 4.79 Å². The molecule has 0 aromatic heterocycles. The van der Waals surface area contributed by atoms with Crippen molar-refractivity contribution in [2.24, 2.45) is 4.99 Å². The molecule has 2 aliphatic rings. The molecule has 0 fully saturated rings. The summed E-state index contributed by atoms with van der Waals surface area (Å²) in [5.74, 6) is 1.09. The first-order valence-corrected chi connectivity index (χ1v) is 7.67. The van der Waals surface area contributed by atoms with Crippen LogP contribution in [0.25, 0.3) is 6.08 Å². The predicted octanol–water partition coefficient (Wildman–Crippen LogP) is 3.25. The Morgan fingerprint density at radius 2 is 2.00 bits per heavy atom. The third-order valence-electron chi connectivity index (χ3n) is 3.36. The Morgan fingerprint density at radius 3 is 2.77 bits per heavy atom. The van der Waals surface area contributed by atoms with Gasteiger partial charge in [0.25, 0.3) is 5.91 Å². The Hall–Kier alpha value is -2.27. The van der Waals surface area contributed by atoms with Gasteiger partial charge in [0.05, 0.1) is 30.1 Å². The summed E-state index contributed by atoms with van der Waals surface area (Å²) < 4.78 is 10.5. The lowest BCUT2D eigenvalue weighted by molar-refractivity contribution is -0.113. The van der Waals surface area contributed by atoms with E-state index in [1.54, 1.807) is 14.2 Å². The third kappa shape index (κ3) is 2.85. The number of aliphatic imine (C=N–C) groups is 1. The normalized spacial score (nSPS) is 21.5. The molecule has 1 atom stereocenters. The summed E-state index contributed by atoms with van der Waals surface area (Å²) in [6.07, 6.45) is 9.62. The first kappa shape index (κ1) is 14.7. The van der Waals surface area contributed by atoms with Crippen molar-refractivity contribution in [2.45, 2.75) is 5.25 Å². The lowest BCUT2D eigenvalue weighted by Gasteiger charge is -2.20. The van der Waals surface area contributed by atoms with Crippen LogP contribution in [0, 0.1) is 0 Å². The van der Waals surface area contributed by atoms with Crippen LogP contribution in [0.3, 0.4) is 0 Å². The number of methoxy groups -OCH3 is 2. The van der Waals surface area contributed by atoms with Crippen molar-refractivity contribution >= 4 is 29.5 Å². The molecule has 5 heteroatoms. The van der Waals surface area contributed by atoms with Crippen LogP contribution in [0.1, 0.15) is 5.56 Å². The van der Waals surface area contributed by atoms with Gasteiger partial charge in [0.1, 0.15) is 0 Å². The van der Waals surface area contributed by atoms with Crippen molar-refractivity contribution in [2.75, 3.05) is 14.2 Å². The Kier molecular flexibility index (Phi) is 4.15. The number of hydrogen-bond donors (Lipinski definition) is 0. The van der Waals surface area contributed by atoms with E-state index in [9.17, 15) is 4.79 Å². The lowest BCUT2D eigenvalue weighted by atomic mass is 10.1. The van der Waals surface area contributed by atoms with Gasteiger partial charge < -0.3 is 9.47 Å². The molecule has 0 saturated heterocycles. The van der Waals surface area contributed by atoms with Crippen LogP contribution in [0.15, 0.2) is 52.4 Å². The maximum atomic E-state index is 12.1. The number of allylic oxidation sites excluding steroid dienone is 3. The fraction of sp³-hybridized carbons (Fsp3) is 0.176. The number of hydrogen-bond acceptors (Lipinski definition) is 4. The summed E-state index contributed by atoms with van der Waals surface area (Å²) >= 11 is 1.51. The molecule has 0 saturated carbocycles. The van der Waals surface area contributed by atoms with E-state index in [4.69, 9.17) is 9.47 Å². The van der Waals surface area contributed by atoms with E-state index >= 15 is 0 Å². The van der Waals surface area contributed by atoms with Crippen molar-refractivity contribution in [1.29, 1.82) is 0 Å². The van der Waals surface area contributed by atoms with Crippen LogP contribution in [0.4, 0.5) is 0 Å². The Bertz CT molecular complexity index is 731. The molecule has 1 aromatic rings. The average Bonchev–Trinajstić information content (AvgIpc) is 2.55. The zero-order valence-electron chi connectivity index (χ0n) is 12.3. The SMILES string of the molecule is COc1ccc(/C=C2/SC3C=CC=CC3=NC2=O)cc1OC. The quantitative estimate of drug-likeness (QED) is 0.804. The van der Waals surface area contributed by atoms with Crippen molar-refractivity contribution in [3.8, 4) is 11.5 Å². The standard InChI is InChI=1S/C17H15NO3S/c1-20-13-8-7-11(9-14(13)21-2)10-16-17(19)18-12-5-3-4-6-15(12)22-16/h3-10,15H,1-2H3/b16-10+. The van der Waals surface area contributed by atoms with Crippen LogP contribution in [-0.4, -0.2) is 31.1 Å². The minimum absolute atomic E-state index is 0.106. The summed E-state index contributed by atoms with van der Waals surface area (Å²) in [5.41, 5.74) is 1.68. The fourth-order valence-corrected chi connectivity index (χ4v) is 3.31. The highest BCUT2D eigenvalue weighted by molar-refractivity contribution is 8.05. The molecule has 1 aliphatic heterocycles. The molecule has 3 rings (SSSR count). The highest BCUT2D eigenvalue weighted by Gasteiger charge is 2.25. The summed E-state index contributed by atoms with van der Waals surface area (Å²) in [4.78, 5) is 16.9. The van der Waals surface area contributed by atoms with Crippen LogP contribution in [0.2, 0.25) is 0 Å². The molecule has 1 unspecified atom stereocenters. The Morgan fingerprint density at radius 1 is 1.18 bits per heavy atom. The number of amides is 1. The summed E-state index contributed by atoms with van der Waals surface area (Å²) in [6.45, 7) is 0. The van der Waals surface area contributed by atoms with E-state index in [2.05, 4.69) is 4.99 Å². The molecule has 112 valence electrons. The Balaban J connectivity index is 1.92. The molecule has 0 bridgehead atoms. The summed E-state index contributed by atoms with van der Waals surface area (Å²) in [5, 5.41) is 0.106. The van der Waals surface area contributed by atoms with Crippen LogP contribution < -0.4 is 9.47 Å². The second-order valence-electron chi connectivity index (χ2n) is 4.75. The van der Waals surface area contributed by atoms with Gasteiger partial charge in [0, 0.05) is 0 Å². The largest absolute Gasteiger partial charge is 0.493 e. The fourth-order valence-electron chi connectivity index (χ4n) is 2.26. The zero-order chi connectivity index (χ0) is 15.5. The minimum atomic E-state index is -0.203. The van der Waals surface area contributed by atoms with Gasteiger partial charge >= 0.3 is 0 Å². The van der Waals surface area contributed by atoms with Crippen molar-refractivity contribution < 1.29 is 14.3 Å². The first-order valence-electron chi connectivity index (χ1n) is 6.79. The highest BCUT2D eigenvalue weighted by Crippen LogP contribution is 2.34. The number of carbonyl (C=O) groups excluding carboxylic acids is 1. The molecule has 1 heterocycles. The molecule has 1 aliphatic carbocycles. The third-order valence-corrected chi connectivity index (χ3v) is 4.56. The van der Waals surface area contributed by atoms with Crippen molar-refractivity contribution in [3.63, 3.8) is 0 Å². The first-order chi connectivity index (χ1) is 10.7. The topological polar surface area (TPSA) is 47.9 Å². The van der Waals surface area contributed by atoms with E-state index < -0.39 is 0 Å². The van der Waals surface area contributed by atoms with E-state index in [1.165, 1.54) is 11.8 Å². The summed E-state index contributed by atoms with van der Waals surface area (Å²) in [7, 11) is 3.18. The second-order valence-corrected chi connectivity index (χ2v) is 5.93. The van der Waals surface area contributed by atoms with Gasteiger partial charge in [-0.15, -0.1) is 11.8 Å². The number of thioether (sulfide) groups is 1. The number of fused-ring (bicyclic) bond motifs is 1. The monoisotopic (exact) mass is 313 g/mol. The highest BCUT2D eigenvalue weighted by atomic mass is 32.2. The zero-order valence-corrected chi connectivity index (χ0v) is 13.1. The van der Waals surface area contributed by atoms with E-state index in [0.29, 0.717) is 16.4 Å². The maximum absolute atomic E-state index is 12.1. The van der Waals surface area contributed by atoms with Crippen molar-refractivity contribution in [1.82, 2.24) is 0 Å². The van der Waals surface area contributed by atoms with Gasteiger partial charge in [-0.2, -0.15) is 0 Å². The number of carbonyl (C=O) groups is 1. The maximum Gasteiger partial charge on any atom is 0.283 e. The number of rotatable bonds is 3. The molecular weight excluding hydrogens is 298 g/mol. The Labute approximate surface area is 133 Å². The van der Waals surface area contributed by atoms with Gasteiger partial charge in [0.2, 0.25) is 0 Å². The van der Waals surface area contributed by atoms with Crippen LogP contribution in [-0.2, 0) is 4.79 Å². The molecule has 22 heavy (non-hydrogen) atoms. The molecule has 1 aromatic carbocycles. The van der Waals surface area contributed by atoms with Gasteiger partial charge in [0.15, 0.2) is 11.5 Å². The number of benzene rings is 1. The number of nitrogens with zero attached hydrogens (tertiary/aromatic N) is 1. The molecule has 0 radical (unpaired) electrons. The van der Waals surface area contributed by atoms with Gasteiger partial charge in [-0.05, 0) is 29.8 Å². The molecule has 1 amide bonds. The van der Waals surface area contributed by atoms with Crippen LogP contribution in [0.5, 0.6) is 11.5 Å². The van der Waals surface area contributed by atoms with E-state index in [0.717, 1.165) is 11.3 Å². The molecule has 4 nitrogen and oxygen atoms in total. The van der Waals surface area contributed by atoms with E-state index in [-0.39, 0.29) is 11.2 Å². The summed E-state index contributed by atoms with van der Waals surface area (Å²) in [6, 6.07) is 5.55. The predicted molar refractivity (Wildman–Crippen MR) is 89.6 cm³/mol. The van der Waals surface area contributed by atoms with Crippen molar-refractivity contribution in [3.05, 3.63) is 53.0 Å². The lowest BCUT2D eigenvalue weighted by Crippen LogP contribution is -2.22. The van der Waals surface area contributed by atoms with Gasteiger partial charge in [-0.25, -0.2) is 4.99 Å². The minimum Gasteiger partial charge on any atom is -0.493 e. The smallest absolute Gasteiger partial charge is 0.283 e. The number of ether oxygens (including phenoxy) is 2. The van der Waals surface area contributed by atoms with Crippen LogP contribution >= 0.6 is 11.8 Å².